The number of hydrogen-bond acceptors (Lipinski definition) is 3. The second-order valence-electron chi connectivity index (χ2n) is 5.58. The monoisotopic (exact) mass is 257 g/mol. The van der Waals surface area contributed by atoms with Crippen LogP contribution in [0.4, 0.5) is 0 Å². The average molecular weight is 257 g/mol. The van der Waals surface area contributed by atoms with Crippen molar-refractivity contribution in [3.8, 4) is 17.6 Å². The van der Waals surface area contributed by atoms with Crippen LogP contribution in [0.15, 0.2) is 18.2 Å². The highest BCUT2D eigenvalue weighted by atomic mass is 16.5. The van der Waals surface area contributed by atoms with E-state index in [4.69, 9.17) is 9.47 Å². The molecule has 0 spiro atoms. The largest absolute Gasteiger partial charge is 0.493 e. The van der Waals surface area contributed by atoms with Gasteiger partial charge in [-0.05, 0) is 56.2 Å². The minimum atomic E-state index is -0.264. The van der Waals surface area contributed by atoms with Gasteiger partial charge in [0.25, 0.3) is 0 Å². The molecule has 0 amide bonds. The minimum absolute atomic E-state index is 0.264. The minimum Gasteiger partial charge on any atom is -0.493 e. The molecule has 0 bridgehead atoms. The lowest BCUT2D eigenvalue weighted by Crippen LogP contribution is -2.12. The van der Waals surface area contributed by atoms with Gasteiger partial charge in [0.1, 0.15) is 0 Å². The molecule has 0 aliphatic heterocycles. The van der Waals surface area contributed by atoms with E-state index < -0.39 is 0 Å². The number of nitriles is 1. The van der Waals surface area contributed by atoms with E-state index in [2.05, 4.69) is 6.07 Å². The molecular formula is C16H19NO2. The van der Waals surface area contributed by atoms with E-state index in [0.29, 0.717) is 6.10 Å². The summed E-state index contributed by atoms with van der Waals surface area (Å²) in [5.41, 5.74) is 0.809. The SMILES string of the molecule is COc1ccc(C2(C#N)CC2)cc1OC1CCCC1. The summed E-state index contributed by atoms with van der Waals surface area (Å²) in [6.07, 6.45) is 6.95. The van der Waals surface area contributed by atoms with Crippen molar-refractivity contribution in [2.24, 2.45) is 0 Å². The number of benzene rings is 1. The zero-order valence-corrected chi connectivity index (χ0v) is 11.3. The molecule has 2 fully saturated rings. The first-order valence-corrected chi connectivity index (χ1v) is 7.04. The normalized spacial score (nSPS) is 20.8. The fraction of sp³-hybridized carbons (Fsp3) is 0.562. The van der Waals surface area contributed by atoms with Crippen LogP contribution in [0.2, 0.25) is 0 Å². The first-order valence-electron chi connectivity index (χ1n) is 7.04. The third kappa shape index (κ3) is 2.28. The molecule has 3 heteroatoms. The summed E-state index contributed by atoms with van der Waals surface area (Å²) in [5.74, 6) is 1.57. The second kappa shape index (κ2) is 4.77. The summed E-state index contributed by atoms with van der Waals surface area (Å²) in [5, 5.41) is 9.29. The Balaban J connectivity index is 1.87. The van der Waals surface area contributed by atoms with Crippen molar-refractivity contribution in [2.45, 2.75) is 50.0 Å². The molecule has 0 atom stereocenters. The lowest BCUT2D eigenvalue weighted by molar-refractivity contribution is 0.200. The number of methoxy groups -OCH3 is 1. The second-order valence-corrected chi connectivity index (χ2v) is 5.58. The number of hydrogen-bond donors (Lipinski definition) is 0. The van der Waals surface area contributed by atoms with Crippen LogP contribution in [-0.4, -0.2) is 13.2 Å². The first kappa shape index (κ1) is 12.3. The van der Waals surface area contributed by atoms with Gasteiger partial charge in [0.05, 0.1) is 24.7 Å². The van der Waals surface area contributed by atoms with Gasteiger partial charge in [0.2, 0.25) is 0 Å². The quantitative estimate of drug-likeness (QED) is 0.828. The van der Waals surface area contributed by atoms with Gasteiger partial charge in [-0.15, -0.1) is 0 Å². The fourth-order valence-electron chi connectivity index (χ4n) is 2.84. The Morgan fingerprint density at radius 3 is 2.53 bits per heavy atom. The van der Waals surface area contributed by atoms with E-state index in [-0.39, 0.29) is 5.41 Å². The Labute approximate surface area is 114 Å². The molecule has 19 heavy (non-hydrogen) atoms. The van der Waals surface area contributed by atoms with Crippen molar-refractivity contribution >= 4 is 0 Å². The molecule has 1 aromatic carbocycles. The zero-order valence-electron chi connectivity index (χ0n) is 11.3. The molecule has 0 saturated heterocycles. The van der Waals surface area contributed by atoms with Crippen LogP contribution in [0.5, 0.6) is 11.5 Å². The van der Waals surface area contributed by atoms with Crippen molar-refractivity contribution in [1.82, 2.24) is 0 Å². The predicted molar refractivity (Wildman–Crippen MR) is 72.4 cm³/mol. The zero-order chi connectivity index (χ0) is 13.3. The van der Waals surface area contributed by atoms with Crippen LogP contribution in [0.1, 0.15) is 44.1 Å². The van der Waals surface area contributed by atoms with Gasteiger partial charge in [-0.2, -0.15) is 5.26 Å². The van der Waals surface area contributed by atoms with Gasteiger partial charge < -0.3 is 9.47 Å². The van der Waals surface area contributed by atoms with Gasteiger partial charge in [-0.25, -0.2) is 0 Å². The fourth-order valence-corrected chi connectivity index (χ4v) is 2.84. The molecule has 0 heterocycles. The summed E-state index contributed by atoms with van der Waals surface area (Å²) in [6.45, 7) is 0. The Bertz CT molecular complexity index is 508. The van der Waals surface area contributed by atoms with Gasteiger partial charge in [0.15, 0.2) is 11.5 Å². The van der Waals surface area contributed by atoms with Crippen LogP contribution >= 0.6 is 0 Å². The number of nitrogens with zero attached hydrogens (tertiary/aromatic N) is 1. The molecule has 2 aliphatic carbocycles. The van der Waals surface area contributed by atoms with Crippen LogP contribution < -0.4 is 9.47 Å². The van der Waals surface area contributed by atoms with Crippen LogP contribution in [0, 0.1) is 11.3 Å². The standard InChI is InChI=1S/C16H19NO2/c1-18-14-7-6-12(16(11-17)8-9-16)10-15(14)19-13-4-2-3-5-13/h6-7,10,13H,2-5,8-9H2,1H3. The Kier molecular flexibility index (Phi) is 3.10. The third-order valence-electron chi connectivity index (χ3n) is 4.28. The molecular weight excluding hydrogens is 238 g/mol. The Morgan fingerprint density at radius 1 is 1.21 bits per heavy atom. The summed E-state index contributed by atoms with van der Waals surface area (Å²) in [6, 6.07) is 8.36. The van der Waals surface area contributed by atoms with Crippen LogP contribution in [0.25, 0.3) is 0 Å². The highest BCUT2D eigenvalue weighted by Gasteiger charge is 2.45. The van der Waals surface area contributed by atoms with Crippen molar-refractivity contribution < 1.29 is 9.47 Å². The molecule has 2 aliphatic rings. The molecule has 3 rings (SSSR count). The van der Waals surface area contributed by atoms with Crippen molar-refractivity contribution in [3.05, 3.63) is 23.8 Å². The molecule has 3 nitrogen and oxygen atoms in total. The van der Waals surface area contributed by atoms with E-state index in [1.165, 1.54) is 12.8 Å². The number of ether oxygens (including phenoxy) is 2. The van der Waals surface area contributed by atoms with Gasteiger partial charge in [-0.3, -0.25) is 0 Å². The molecule has 0 aromatic heterocycles. The Hall–Kier alpha value is -1.69. The molecule has 0 radical (unpaired) electrons. The smallest absolute Gasteiger partial charge is 0.161 e. The maximum atomic E-state index is 9.29. The number of rotatable bonds is 4. The van der Waals surface area contributed by atoms with E-state index in [9.17, 15) is 5.26 Å². The lowest BCUT2D eigenvalue weighted by Gasteiger charge is -2.17. The van der Waals surface area contributed by atoms with E-state index in [1.54, 1.807) is 7.11 Å². The average Bonchev–Trinajstić information content (AvgIpc) is 3.09. The Morgan fingerprint density at radius 2 is 1.95 bits per heavy atom. The first-order chi connectivity index (χ1) is 9.27. The van der Waals surface area contributed by atoms with Crippen molar-refractivity contribution in [2.75, 3.05) is 7.11 Å². The summed E-state index contributed by atoms with van der Waals surface area (Å²) < 4.78 is 11.4. The van der Waals surface area contributed by atoms with E-state index >= 15 is 0 Å². The topological polar surface area (TPSA) is 42.2 Å². The van der Waals surface area contributed by atoms with Crippen LogP contribution in [0.3, 0.4) is 0 Å². The maximum absolute atomic E-state index is 9.29. The highest BCUT2D eigenvalue weighted by molar-refractivity contribution is 5.49. The summed E-state index contributed by atoms with van der Waals surface area (Å²) >= 11 is 0. The predicted octanol–water partition coefficient (Wildman–Crippen LogP) is 3.57. The van der Waals surface area contributed by atoms with Crippen molar-refractivity contribution in [1.29, 1.82) is 5.26 Å². The summed E-state index contributed by atoms with van der Waals surface area (Å²) in [7, 11) is 1.66. The van der Waals surface area contributed by atoms with Gasteiger partial charge in [-0.1, -0.05) is 6.07 Å². The summed E-state index contributed by atoms with van der Waals surface area (Å²) in [4.78, 5) is 0. The molecule has 1 aromatic rings. The van der Waals surface area contributed by atoms with Gasteiger partial charge in [0, 0.05) is 0 Å². The molecule has 100 valence electrons. The van der Waals surface area contributed by atoms with E-state index in [1.807, 2.05) is 18.2 Å². The third-order valence-corrected chi connectivity index (χ3v) is 4.28. The van der Waals surface area contributed by atoms with E-state index in [0.717, 1.165) is 42.7 Å². The highest BCUT2D eigenvalue weighted by Crippen LogP contribution is 2.49. The molecule has 0 N–H and O–H groups in total. The van der Waals surface area contributed by atoms with Crippen LogP contribution in [-0.2, 0) is 5.41 Å². The maximum Gasteiger partial charge on any atom is 0.161 e. The van der Waals surface area contributed by atoms with Gasteiger partial charge >= 0.3 is 0 Å². The molecule has 2 saturated carbocycles. The lowest BCUT2D eigenvalue weighted by atomic mass is 9.97. The molecule has 0 unspecified atom stereocenters. The van der Waals surface area contributed by atoms with Crippen molar-refractivity contribution in [3.63, 3.8) is 0 Å².